The van der Waals surface area contributed by atoms with Gasteiger partial charge in [0.1, 0.15) is 11.5 Å². The van der Waals surface area contributed by atoms with Crippen LogP contribution in [0.4, 0.5) is 4.39 Å². The summed E-state index contributed by atoms with van der Waals surface area (Å²) in [7, 11) is 0. The van der Waals surface area contributed by atoms with Gasteiger partial charge in [0.05, 0.1) is 17.5 Å². The molecule has 0 spiro atoms. The van der Waals surface area contributed by atoms with Crippen LogP contribution < -0.4 is 5.43 Å². The van der Waals surface area contributed by atoms with Crippen molar-refractivity contribution in [2.24, 2.45) is 0 Å². The third-order valence-corrected chi connectivity index (χ3v) is 5.33. The molecule has 0 unspecified atom stereocenters. The van der Waals surface area contributed by atoms with Gasteiger partial charge < -0.3 is 4.57 Å². The number of hydrogen-bond acceptors (Lipinski definition) is 3. The van der Waals surface area contributed by atoms with Gasteiger partial charge in [0.15, 0.2) is 5.78 Å². The maximum absolute atomic E-state index is 13.4. The number of carbonyl (C=O) groups excluding carboxylic acids is 1. The summed E-state index contributed by atoms with van der Waals surface area (Å²) in [5, 5.41) is 0.609. The molecule has 0 amide bonds. The summed E-state index contributed by atoms with van der Waals surface area (Å²) in [6, 6.07) is 14.6. The molecule has 0 aliphatic carbocycles. The zero-order valence-electron chi connectivity index (χ0n) is 16.4. The van der Waals surface area contributed by atoms with Gasteiger partial charge in [0.2, 0.25) is 5.43 Å². The summed E-state index contributed by atoms with van der Waals surface area (Å²) in [5.74, 6) is -0.792. The number of aromatic nitrogens is 2. The highest BCUT2D eigenvalue weighted by atomic mass is 35.5. The van der Waals surface area contributed by atoms with Crippen LogP contribution in [0.5, 0.6) is 0 Å². The third kappa shape index (κ3) is 3.76. The van der Waals surface area contributed by atoms with Crippen molar-refractivity contribution in [2.45, 2.75) is 20.4 Å². The molecular weight excluding hydrogens is 403 g/mol. The normalized spacial score (nSPS) is 11.1. The fraction of sp³-hybridized carbons (Fsp3) is 0.125. The predicted molar refractivity (Wildman–Crippen MR) is 116 cm³/mol. The third-order valence-electron chi connectivity index (χ3n) is 4.97. The minimum atomic E-state index is -0.433. The highest BCUT2D eigenvalue weighted by molar-refractivity contribution is 6.31. The molecule has 0 radical (unpaired) electrons. The lowest BCUT2D eigenvalue weighted by Crippen LogP contribution is -2.21. The molecule has 4 nitrogen and oxygen atoms in total. The Hall–Kier alpha value is -3.31. The van der Waals surface area contributed by atoms with E-state index in [9.17, 15) is 14.0 Å². The maximum atomic E-state index is 13.4. The van der Waals surface area contributed by atoms with Crippen LogP contribution in [0.25, 0.3) is 11.0 Å². The van der Waals surface area contributed by atoms with Gasteiger partial charge in [-0.05, 0) is 43.7 Å². The zero-order valence-corrected chi connectivity index (χ0v) is 17.2. The first kappa shape index (κ1) is 20.0. The lowest BCUT2D eigenvalue weighted by Gasteiger charge is -2.14. The summed E-state index contributed by atoms with van der Waals surface area (Å²) in [5.41, 5.74) is 2.97. The van der Waals surface area contributed by atoms with Gasteiger partial charge in [-0.15, -0.1) is 0 Å². The molecule has 2 aromatic heterocycles. The van der Waals surface area contributed by atoms with Crippen LogP contribution >= 0.6 is 11.6 Å². The highest BCUT2D eigenvalue weighted by Crippen LogP contribution is 2.21. The molecule has 0 fully saturated rings. The first-order chi connectivity index (χ1) is 14.3. The minimum absolute atomic E-state index is 0.0511. The van der Waals surface area contributed by atoms with E-state index >= 15 is 0 Å². The quantitative estimate of drug-likeness (QED) is 0.432. The molecule has 0 saturated heterocycles. The first-order valence-electron chi connectivity index (χ1n) is 9.39. The van der Waals surface area contributed by atoms with Gasteiger partial charge in [0, 0.05) is 22.5 Å². The van der Waals surface area contributed by atoms with Gasteiger partial charge in [0.25, 0.3) is 0 Å². The number of halogens is 2. The van der Waals surface area contributed by atoms with Crippen molar-refractivity contribution >= 4 is 28.4 Å². The van der Waals surface area contributed by atoms with E-state index in [1.54, 1.807) is 34.9 Å². The van der Waals surface area contributed by atoms with Crippen molar-refractivity contribution in [3.63, 3.8) is 0 Å². The van der Waals surface area contributed by atoms with Gasteiger partial charge in [-0.25, -0.2) is 9.37 Å². The molecule has 2 aromatic carbocycles. The van der Waals surface area contributed by atoms with Gasteiger partial charge in [-0.2, -0.15) is 0 Å². The number of fused-ring (bicyclic) bond motifs is 1. The Bertz CT molecular complexity index is 1340. The monoisotopic (exact) mass is 420 g/mol. The minimum Gasteiger partial charge on any atom is -0.327 e. The van der Waals surface area contributed by atoms with E-state index in [4.69, 9.17) is 11.6 Å². The van der Waals surface area contributed by atoms with E-state index < -0.39 is 5.82 Å². The van der Waals surface area contributed by atoms with E-state index in [0.717, 1.165) is 11.3 Å². The number of pyridine rings is 2. The predicted octanol–water partition coefficient (Wildman–Crippen LogP) is 5.09. The van der Waals surface area contributed by atoms with Crippen LogP contribution in [0.1, 0.15) is 32.7 Å². The number of benzene rings is 2. The van der Waals surface area contributed by atoms with Crippen molar-refractivity contribution in [2.75, 3.05) is 0 Å². The Balaban J connectivity index is 1.91. The maximum Gasteiger partial charge on any atom is 0.202 e. The molecule has 0 saturated carbocycles. The summed E-state index contributed by atoms with van der Waals surface area (Å²) >= 11 is 6.20. The highest BCUT2D eigenvalue weighted by Gasteiger charge is 2.18. The number of carbonyl (C=O) groups is 1. The van der Waals surface area contributed by atoms with Gasteiger partial charge in [-0.3, -0.25) is 9.59 Å². The Labute approximate surface area is 177 Å². The van der Waals surface area contributed by atoms with Crippen LogP contribution in [-0.4, -0.2) is 15.3 Å². The van der Waals surface area contributed by atoms with Crippen molar-refractivity contribution in [3.05, 3.63) is 110 Å². The van der Waals surface area contributed by atoms with E-state index in [1.165, 1.54) is 18.3 Å². The molecule has 0 aliphatic rings. The molecular formula is C24H18ClFN2O2. The lowest BCUT2D eigenvalue weighted by molar-refractivity contribution is 0.103. The second-order valence-corrected chi connectivity index (χ2v) is 7.66. The van der Waals surface area contributed by atoms with Gasteiger partial charge >= 0.3 is 0 Å². The average Bonchev–Trinajstić information content (AvgIpc) is 2.72. The summed E-state index contributed by atoms with van der Waals surface area (Å²) in [6.45, 7) is 3.99. The van der Waals surface area contributed by atoms with Crippen molar-refractivity contribution in [3.8, 4) is 0 Å². The summed E-state index contributed by atoms with van der Waals surface area (Å²) < 4.78 is 15.2. The smallest absolute Gasteiger partial charge is 0.202 e. The average molecular weight is 421 g/mol. The molecule has 0 atom stereocenters. The van der Waals surface area contributed by atoms with Crippen molar-refractivity contribution < 1.29 is 9.18 Å². The Morgan fingerprint density at radius 1 is 1.07 bits per heavy atom. The molecule has 6 heteroatoms. The summed E-state index contributed by atoms with van der Waals surface area (Å²) in [6.07, 6.45) is 1.51. The number of nitrogens with zero attached hydrogens (tertiary/aromatic N) is 2. The molecule has 30 heavy (non-hydrogen) atoms. The van der Waals surface area contributed by atoms with Crippen LogP contribution in [0.3, 0.4) is 0 Å². The van der Waals surface area contributed by atoms with E-state index in [0.29, 0.717) is 22.2 Å². The SMILES string of the molecule is Cc1ccc(C(=O)c2cn(Cc3ccc(F)cc3Cl)c3nc(C)ccc3c2=O)cc1. The van der Waals surface area contributed by atoms with Crippen LogP contribution in [-0.2, 0) is 6.54 Å². The largest absolute Gasteiger partial charge is 0.327 e. The van der Waals surface area contributed by atoms with Crippen molar-refractivity contribution in [1.82, 2.24) is 9.55 Å². The Kier molecular flexibility index (Phi) is 5.22. The molecule has 4 rings (SSSR count). The second-order valence-electron chi connectivity index (χ2n) is 7.25. The second kappa shape index (κ2) is 7.84. The molecule has 0 N–H and O–H groups in total. The fourth-order valence-electron chi connectivity index (χ4n) is 3.34. The number of ketones is 1. The molecule has 2 heterocycles. The van der Waals surface area contributed by atoms with Crippen LogP contribution in [0, 0.1) is 19.7 Å². The number of rotatable bonds is 4. The van der Waals surface area contributed by atoms with E-state index in [2.05, 4.69) is 4.98 Å². The van der Waals surface area contributed by atoms with E-state index in [-0.39, 0.29) is 28.3 Å². The Morgan fingerprint density at radius 3 is 2.50 bits per heavy atom. The van der Waals surface area contributed by atoms with Gasteiger partial charge in [-0.1, -0.05) is 47.5 Å². The lowest BCUT2D eigenvalue weighted by atomic mass is 10.0. The molecule has 150 valence electrons. The Morgan fingerprint density at radius 2 is 1.80 bits per heavy atom. The van der Waals surface area contributed by atoms with Crippen molar-refractivity contribution in [1.29, 1.82) is 0 Å². The molecule has 0 bridgehead atoms. The standard InChI is InChI=1S/C24H18ClFN2O2/c1-14-3-6-16(7-4-14)22(29)20-13-28(12-17-8-9-18(26)11-21(17)25)24-19(23(20)30)10-5-15(2)27-24/h3-11,13H,12H2,1-2H3. The number of aryl methyl sites for hydroxylation is 2. The van der Waals surface area contributed by atoms with E-state index in [1.807, 2.05) is 26.0 Å². The molecule has 0 aliphatic heterocycles. The molecule has 4 aromatic rings. The number of hydrogen-bond donors (Lipinski definition) is 0. The topological polar surface area (TPSA) is 52.0 Å². The van der Waals surface area contributed by atoms with Crippen LogP contribution in [0.2, 0.25) is 5.02 Å². The zero-order chi connectivity index (χ0) is 21.4. The van der Waals surface area contributed by atoms with Crippen LogP contribution in [0.15, 0.2) is 65.6 Å². The summed E-state index contributed by atoms with van der Waals surface area (Å²) in [4.78, 5) is 30.7. The first-order valence-corrected chi connectivity index (χ1v) is 9.77. The fourth-order valence-corrected chi connectivity index (χ4v) is 3.56.